The van der Waals surface area contributed by atoms with Crippen LogP contribution in [0.15, 0.2) is 0 Å². The maximum Gasteiger partial charge on any atom is 0.0932 e. The smallest absolute Gasteiger partial charge is 0.0932 e. The first-order valence-corrected chi connectivity index (χ1v) is 3.45. The third kappa shape index (κ3) is 1.48. The molecule has 0 aromatic carbocycles. The molecule has 1 heteroatoms. The van der Waals surface area contributed by atoms with E-state index in [0.29, 0.717) is 5.92 Å². The lowest BCUT2D eigenvalue weighted by Crippen LogP contribution is -2.15. The number of hydrogen-bond acceptors (Lipinski definition) is 0. The number of rotatable bonds is 0. The normalized spacial score (nSPS) is 39.8. The van der Waals surface area contributed by atoms with Crippen LogP contribution in [0, 0.1) is 5.92 Å². The van der Waals surface area contributed by atoms with Crippen LogP contribution in [-0.2, 0) is 5.11 Å². The van der Waals surface area contributed by atoms with Gasteiger partial charge >= 0.3 is 0 Å². The van der Waals surface area contributed by atoms with Crippen LogP contribution in [0.25, 0.3) is 0 Å². The highest BCUT2D eigenvalue weighted by Gasteiger charge is 2.16. The SMILES string of the molecule is CC1CCCC([O])C1. The first kappa shape index (κ1) is 6.09. The van der Waals surface area contributed by atoms with E-state index in [2.05, 4.69) is 6.92 Å². The Balaban J connectivity index is 2.23. The molecule has 1 aliphatic rings. The van der Waals surface area contributed by atoms with E-state index in [9.17, 15) is 5.11 Å². The molecule has 2 atom stereocenters. The standard InChI is InChI=1S/C7H13O/c1-6-3-2-4-7(8)5-6/h6-7H,2-5H2,1H3. The van der Waals surface area contributed by atoms with Crippen molar-refractivity contribution in [2.45, 2.75) is 38.7 Å². The summed E-state index contributed by atoms with van der Waals surface area (Å²) in [6, 6.07) is 0. The van der Waals surface area contributed by atoms with Crippen molar-refractivity contribution in [3.63, 3.8) is 0 Å². The average molecular weight is 113 g/mol. The van der Waals surface area contributed by atoms with Crippen LogP contribution in [0.3, 0.4) is 0 Å². The van der Waals surface area contributed by atoms with Crippen LogP contribution in [0.1, 0.15) is 32.6 Å². The zero-order valence-electron chi connectivity index (χ0n) is 5.39. The van der Waals surface area contributed by atoms with Gasteiger partial charge in [-0.15, -0.1) is 0 Å². The quantitative estimate of drug-likeness (QED) is 0.458. The maximum atomic E-state index is 10.8. The molecular weight excluding hydrogens is 100 g/mol. The molecule has 8 heavy (non-hydrogen) atoms. The van der Waals surface area contributed by atoms with E-state index in [-0.39, 0.29) is 6.10 Å². The second-order valence-corrected chi connectivity index (χ2v) is 2.89. The lowest BCUT2D eigenvalue weighted by Gasteiger charge is -2.20. The molecular formula is C7H13O. The van der Waals surface area contributed by atoms with Gasteiger partial charge in [-0.2, -0.15) is 0 Å². The molecule has 0 amide bonds. The Kier molecular flexibility index (Phi) is 1.90. The first-order chi connectivity index (χ1) is 3.79. The minimum Gasteiger partial charge on any atom is -0.233 e. The Labute approximate surface area is 50.7 Å². The monoisotopic (exact) mass is 113 g/mol. The fraction of sp³-hybridized carbons (Fsp3) is 1.00. The molecule has 0 aliphatic heterocycles. The van der Waals surface area contributed by atoms with Crippen LogP contribution in [0.4, 0.5) is 0 Å². The second-order valence-electron chi connectivity index (χ2n) is 2.89. The van der Waals surface area contributed by atoms with E-state index in [1.54, 1.807) is 0 Å². The maximum absolute atomic E-state index is 10.8. The summed E-state index contributed by atoms with van der Waals surface area (Å²) < 4.78 is 0. The molecule has 1 saturated carbocycles. The molecule has 0 spiro atoms. The number of hydrogen-bond donors (Lipinski definition) is 0. The predicted molar refractivity (Wildman–Crippen MR) is 32.1 cm³/mol. The van der Waals surface area contributed by atoms with Crippen molar-refractivity contribution in [3.8, 4) is 0 Å². The molecule has 2 unspecified atom stereocenters. The van der Waals surface area contributed by atoms with Gasteiger partial charge in [-0.05, 0) is 18.8 Å². The summed E-state index contributed by atoms with van der Waals surface area (Å²) >= 11 is 0. The van der Waals surface area contributed by atoms with Crippen molar-refractivity contribution in [2.75, 3.05) is 0 Å². The van der Waals surface area contributed by atoms with E-state index in [1.165, 1.54) is 6.42 Å². The van der Waals surface area contributed by atoms with Gasteiger partial charge in [0.05, 0.1) is 6.10 Å². The third-order valence-corrected chi connectivity index (χ3v) is 1.89. The van der Waals surface area contributed by atoms with Gasteiger partial charge in [0.2, 0.25) is 0 Å². The zero-order valence-corrected chi connectivity index (χ0v) is 5.39. The average Bonchev–Trinajstić information content (AvgIpc) is 1.64. The Morgan fingerprint density at radius 1 is 1.38 bits per heavy atom. The summed E-state index contributed by atoms with van der Waals surface area (Å²) in [4.78, 5) is 0. The van der Waals surface area contributed by atoms with Crippen molar-refractivity contribution >= 4 is 0 Å². The van der Waals surface area contributed by atoms with E-state index < -0.39 is 0 Å². The van der Waals surface area contributed by atoms with Crippen molar-refractivity contribution in [3.05, 3.63) is 0 Å². The highest BCUT2D eigenvalue weighted by molar-refractivity contribution is 4.67. The van der Waals surface area contributed by atoms with Gasteiger partial charge < -0.3 is 0 Å². The summed E-state index contributed by atoms with van der Waals surface area (Å²) in [5, 5.41) is 10.8. The van der Waals surface area contributed by atoms with E-state index in [0.717, 1.165) is 19.3 Å². The molecule has 1 radical (unpaired) electrons. The molecule has 1 aliphatic carbocycles. The molecule has 0 aromatic rings. The molecule has 1 nitrogen and oxygen atoms in total. The summed E-state index contributed by atoms with van der Waals surface area (Å²) in [6.45, 7) is 2.17. The topological polar surface area (TPSA) is 19.9 Å². The first-order valence-electron chi connectivity index (χ1n) is 3.45. The molecule has 0 saturated heterocycles. The van der Waals surface area contributed by atoms with Crippen LogP contribution < -0.4 is 0 Å². The zero-order chi connectivity index (χ0) is 5.98. The van der Waals surface area contributed by atoms with Gasteiger partial charge in [-0.3, -0.25) is 0 Å². The molecule has 1 rings (SSSR count). The summed E-state index contributed by atoms with van der Waals surface area (Å²) in [5.41, 5.74) is 0. The van der Waals surface area contributed by atoms with Gasteiger partial charge in [0.1, 0.15) is 0 Å². The van der Waals surface area contributed by atoms with Crippen LogP contribution in [0.2, 0.25) is 0 Å². The fourth-order valence-corrected chi connectivity index (χ4v) is 1.38. The van der Waals surface area contributed by atoms with E-state index >= 15 is 0 Å². The summed E-state index contributed by atoms with van der Waals surface area (Å²) in [5.74, 6) is 0.700. The van der Waals surface area contributed by atoms with E-state index in [4.69, 9.17) is 0 Å². The minimum atomic E-state index is -0.237. The lowest BCUT2D eigenvalue weighted by molar-refractivity contribution is 0.0397. The van der Waals surface area contributed by atoms with E-state index in [1.807, 2.05) is 0 Å². The molecule has 47 valence electrons. The van der Waals surface area contributed by atoms with Gasteiger partial charge in [0.15, 0.2) is 0 Å². The Morgan fingerprint density at radius 3 is 2.50 bits per heavy atom. The fourth-order valence-electron chi connectivity index (χ4n) is 1.38. The predicted octanol–water partition coefficient (Wildman–Crippen LogP) is 2.00. The lowest BCUT2D eigenvalue weighted by atomic mass is 9.89. The van der Waals surface area contributed by atoms with Gasteiger partial charge in [-0.1, -0.05) is 19.8 Å². The summed E-state index contributed by atoms with van der Waals surface area (Å²) in [7, 11) is 0. The van der Waals surface area contributed by atoms with Gasteiger partial charge in [0, 0.05) is 0 Å². The van der Waals surface area contributed by atoms with Crippen molar-refractivity contribution in [1.29, 1.82) is 0 Å². The molecule has 0 aromatic heterocycles. The van der Waals surface area contributed by atoms with Crippen molar-refractivity contribution in [1.82, 2.24) is 0 Å². The molecule has 0 N–H and O–H groups in total. The van der Waals surface area contributed by atoms with Crippen LogP contribution in [0.5, 0.6) is 0 Å². The highest BCUT2D eigenvalue weighted by Crippen LogP contribution is 2.23. The van der Waals surface area contributed by atoms with Crippen molar-refractivity contribution in [2.24, 2.45) is 5.92 Å². The Morgan fingerprint density at radius 2 is 2.12 bits per heavy atom. The summed E-state index contributed by atoms with van der Waals surface area (Å²) in [6.07, 6.45) is 4.04. The highest BCUT2D eigenvalue weighted by atomic mass is 16.3. The Hall–Kier alpha value is -0.0400. The molecule has 1 fully saturated rings. The second kappa shape index (κ2) is 2.49. The third-order valence-electron chi connectivity index (χ3n) is 1.89. The molecule has 0 bridgehead atoms. The van der Waals surface area contributed by atoms with Crippen LogP contribution >= 0.6 is 0 Å². The largest absolute Gasteiger partial charge is 0.233 e. The van der Waals surface area contributed by atoms with Gasteiger partial charge in [-0.25, -0.2) is 5.11 Å². The molecule has 0 heterocycles. The van der Waals surface area contributed by atoms with Crippen molar-refractivity contribution < 1.29 is 5.11 Å². The minimum absolute atomic E-state index is 0.237. The van der Waals surface area contributed by atoms with Gasteiger partial charge in [0.25, 0.3) is 0 Å². The van der Waals surface area contributed by atoms with Crippen LogP contribution in [-0.4, -0.2) is 6.10 Å². The Bertz CT molecular complexity index is 62.8.